The van der Waals surface area contributed by atoms with Gasteiger partial charge < -0.3 is 14.5 Å². The SMILES string of the molecule is Cc1ccn(-c2cc(N3CCN(C(=O)c4ccc(OC5CCCC5)nc4)CC3)ncn2)n1. The average Bonchev–Trinajstić information content (AvgIpc) is 3.51. The van der Waals surface area contributed by atoms with Crippen LogP contribution in [0.25, 0.3) is 5.82 Å². The summed E-state index contributed by atoms with van der Waals surface area (Å²) in [6.07, 6.45) is 9.93. The predicted octanol–water partition coefficient (Wildman–Crippen LogP) is 2.65. The molecule has 1 aliphatic heterocycles. The molecule has 0 bridgehead atoms. The molecule has 1 amide bonds. The third-order valence-corrected chi connectivity index (χ3v) is 6.06. The zero-order chi connectivity index (χ0) is 21.9. The van der Waals surface area contributed by atoms with Crippen molar-refractivity contribution >= 4 is 11.7 Å². The Morgan fingerprint density at radius 2 is 1.78 bits per heavy atom. The summed E-state index contributed by atoms with van der Waals surface area (Å²) in [6.45, 7) is 4.60. The van der Waals surface area contributed by atoms with Crippen molar-refractivity contribution in [1.29, 1.82) is 0 Å². The summed E-state index contributed by atoms with van der Waals surface area (Å²) >= 11 is 0. The number of carbonyl (C=O) groups is 1. The van der Waals surface area contributed by atoms with Crippen molar-refractivity contribution in [3.63, 3.8) is 0 Å². The molecule has 0 atom stereocenters. The number of hydrogen-bond acceptors (Lipinski definition) is 7. The molecule has 2 fully saturated rings. The lowest BCUT2D eigenvalue weighted by molar-refractivity contribution is 0.0746. The van der Waals surface area contributed by atoms with Gasteiger partial charge in [0.25, 0.3) is 5.91 Å². The van der Waals surface area contributed by atoms with E-state index in [0.29, 0.717) is 37.6 Å². The van der Waals surface area contributed by atoms with Gasteiger partial charge in [-0.05, 0) is 44.7 Å². The number of carbonyl (C=O) groups excluding carboxylic acids is 1. The molecule has 32 heavy (non-hydrogen) atoms. The standard InChI is InChI=1S/C23H27N7O2/c1-17-8-9-30(27-17)21-14-20(25-16-26-21)28-10-12-29(13-11-28)23(31)18-6-7-22(24-15-18)32-19-4-2-3-5-19/h6-9,14-16,19H,2-5,10-13H2,1H3. The number of aryl methyl sites for hydroxylation is 1. The molecular weight excluding hydrogens is 406 g/mol. The van der Waals surface area contributed by atoms with Crippen LogP contribution in [0.4, 0.5) is 5.82 Å². The fourth-order valence-electron chi connectivity index (χ4n) is 4.25. The summed E-state index contributed by atoms with van der Waals surface area (Å²) in [5, 5.41) is 4.41. The van der Waals surface area contributed by atoms with E-state index in [9.17, 15) is 4.79 Å². The third kappa shape index (κ3) is 4.42. The quantitative estimate of drug-likeness (QED) is 0.611. The van der Waals surface area contributed by atoms with Crippen LogP contribution in [0.5, 0.6) is 5.88 Å². The Labute approximate surface area is 187 Å². The zero-order valence-corrected chi connectivity index (χ0v) is 18.2. The van der Waals surface area contributed by atoms with Crippen LogP contribution in [0, 0.1) is 6.92 Å². The molecule has 3 aromatic rings. The van der Waals surface area contributed by atoms with Crippen LogP contribution in [-0.4, -0.2) is 67.8 Å². The van der Waals surface area contributed by atoms with Gasteiger partial charge in [0.05, 0.1) is 11.3 Å². The van der Waals surface area contributed by atoms with Gasteiger partial charge in [-0.2, -0.15) is 5.10 Å². The summed E-state index contributed by atoms with van der Waals surface area (Å²) in [4.78, 5) is 30.1. The molecular formula is C23H27N7O2. The number of rotatable bonds is 5. The van der Waals surface area contributed by atoms with Crippen LogP contribution >= 0.6 is 0 Å². The van der Waals surface area contributed by atoms with Crippen LogP contribution in [0.15, 0.2) is 43.0 Å². The first kappa shape index (κ1) is 20.4. The van der Waals surface area contributed by atoms with E-state index < -0.39 is 0 Å². The van der Waals surface area contributed by atoms with Crippen molar-refractivity contribution in [3.8, 4) is 11.7 Å². The Morgan fingerprint density at radius 1 is 1.00 bits per heavy atom. The number of hydrogen-bond donors (Lipinski definition) is 0. The first-order valence-corrected chi connectivity index (χ1v) is 11.2. The van der Waals surface area contributed by atoms with Gasteiger partial charge in [0.2, 0.25) is 5.88 Å². The van der Waals surface area contributed by atoms with E-state index in [2.05, 4.69) is 25.0 Å². The van der Waals surface area contributed by atoms with Crippen molar-refractivity contribution in [3.05, 3.63) is 54.2 Å². The van der Waals surface area contributed by atoms with Gasteiger partial charge in [0, 0.05) is 50.7 Å². The second-order valence-corrected chi connectivity index (χ2v) is 8.32. The second kappa shape index (κ2) is 8.94. The van der Waals surface area contributed by atoms with Crippen molar-refractivity contribution in [1.82, 2.24) is 29.6 Å². The highest BCUT2D eigenvalue weighted by Gasteiger charge is 2.24. The van der Waals surface area contributed by atoms with Gasteiger partial charge in [-0.3, -0.25) is 4.79 Å². The van der Waals surface area contributed by atoms with Crippen LogP contribution < -0.4 is 9.64 Å². The molecule has 4 heterocycles. The normalized spacial score (nSPS) is 17.0. The van der Waals surface area contributed by atoms with E-state index in [4.69, 9.17) is 4.74 Å². The lowest BCUT2D eigenvalue weighted by Gasteiger charge is -2.35. The number of amides is 1. The number of ether oxygens (including phenoxy) is 1. The van der Waals surface area contributed by atoms with Crippen LogP contribution in [0.1, 0.15) is 41.7 Å². The van der Waals surface area contributed by atoms with Crippen molar-refractivity contribution in [2.24, 2.45) is 0 Å². The molecule has 9 nitrogen and oxygen atoms in total. The first-order chi connectivity index (χ1) is 15.7. The maximum absolute atomic E-state index is 12.9. The monoisotopic (exact) mass is 433 g/mol. The minimum absolute atomic E-state index is 0.0000377. The van der Waals surface area contributed by atoms with Gasteiger partial charge in [0.1, 0.15) is 18.2 Å². The third-order valence-electron chi connectivity index (χ3n) is 6.06. The number of piperazine rings is 1. The van der Waals surface area contributed by atoms with Gasteiger partial charge >= 0.3 is 0 Å². The molecule has 1 saturated carbocycles. The highest BCUT2D eigenvalue weighted by atomic mass is 16.5. The minimum Gasteiger partial charge on any atom is -0.474 e. The maximum atomic E-state index is 12.9. The molecule has 0 radical (unpaired) electrons. The van der Waals surface area contributed by atoms with E-state index in [1.54, 1.807) is 23.3 Å². The fourth-order valence-corrected chi connectivity index (χ4v) is 4.25. The molecule has 2 aliphatic rings. The Hall–Kier alpha value is -3.49. The number of pyridine rings is 1. The summed E-state index contributed by atoms with van der Waals surface area (Å²) in [7, 11) is 0. The van der Waals surface area contributed by atoms with Crippen molar-refractivity contribution in [2.45, 2.75) is 38.7 Å². The fraction of sp³-hybridized carbons (Fsp3) is 0.435. The average molecular weight is 434 g/mol. The van der Waals surface area contributed by atoms with E-state index in [-0.39, 0.29) is 12.0 Å². The van der Waals surface area contributed by atoms with Crippen LogP contribution in [0.3, 0.4) is 0 Å². The van der Waals surface area contributed by atoms with Gasteiger partial charge in [-0.15, -0.1) is 0 Å². The molecule has 1 aliphatic carbocycles. The number of aromatic nitrogens is 5. The van der Waals surface area contributed by atoms with E-state index in [1.807, 2.05) is 36.2 Å². The minimum atomic E-state index is -0.0000377. The van der Waals surface area contributed by atoms with Gasteiger partial charge in [-0.25, -0.2) is 19.6 Å². The summed E-state index contributed by atoms with van der Waals surface area (Å²) in [5.74, 6) is 2.17. The zero-order valence-electron chi connectivity index (χ0n) is 18.2. The Balaban J connectivity index is 1.19. The van der Waals surface area contributed by atoms with Crippen LogP contribution in [0.2, 0.25) is 0 Å². The van der Waals surface area contributed by atoms with Gasteiger partial charge in [-0.1, -0.05) is 0 Å². The molecule has 5 rings (SSSR count). The van der Waals surface area contributed by atoms with E-state index in [0.717, 1.165) is 30.2 Å². The molecule has 1 saturated heterocycles. The van der Waals surface area contributed by atoms with Gasteiger partial charge in [0.15, 0.2) is 5.82 Å². The Kier molecular flexibility index (Phi) is 5.70. The maximum Gasteiger partial charge on any atom is 0.255 e. The lowest BCUT2D eigenvalue weighted by atomic mass is 10.2. The van der Waals surface area contributed by atoms with E-state index in [1.165, 1.54) is 12.8 Å². The second-order valence-electron chi connectivity index (χ2n) is 8.32. The number of nitrogens with zero attached hydrogens (tertiary/aromatic N) is 7. The van der Waals surface area contributed by atoms with Crippen molar-refractivity contribution in [2.75, 3.05) is 31.1 Å². The predicted molar refractivity (Wildman–Crippen MR) is 119 cm³/mol. The Morgan fingerprint density at radius 3 is 2.47 bits per heavy atom. The summed E-state index contributed by atoms with van der Waals surface area (Å²) < 4.78 is 7.64. The molecule has 166 valence electrons. The first-order valence-electron chi connectivity index (χ1n) is 11.2. The smallest absolute Gasteiger partial charge is 0.255 e. The molecule has 0 N–H and O–H groups in total. The number of anilines is 1. The molecule has 0 aromatic carbocycles. The molecule has 9 heteroatoms. The molecule has 0 spiro atoms. The highest BCUT2D eigenvalue weighted by Crippen LogP contribution is 2.23. The largest absolute Gasteiger partial charge is 0.474 e. The molecule has 3 aromatic heterocycles. The summed E-state index contributed by atoms with van der Waals surface area (Å²) in [6, 6.07) is 7.49. The summed E-state index contributed by atoms with van der Waals surface area (Å²) in [5.41, 5.74) is 1.53. The van der Waals surface area contributed by atoms with Crippen molar-refractivity contribution < 1.29 is 9.53 Å². The lowest BCUT2D eigenvalue weighted by Crippen LogP contribution is -2.49. The molecule has 0 unspecified atom stereocenters. The highest BCUT2D eigenvalue weighted by molar-refractivity contribution is 5.94. The topological polar surface area (TPSA) is 89.3 Å². The van der Waals surface area contributed by atoms with Crippen LogP contribution in [-0.2, 0) is 0 Å². The van der Waals surface area contributed by atoms with E-state index >= 15 is 0 Å². The Bertz CT molecular complexity index is 1070.